The molecule has 3 rings (SSSR count). The van der Waals surface area contributed by atoms with E-state index >= 15 is 0 Å². The van der Waals surface area contributed by atoms with Crippen LogP contribution in [0.2, 0.25) is 0 Å². The van der Waals surface area contributed by atoms with Crippen LogP contribution < -0.4 is 5.73 Å². The second kappa shape index (κ2) is 13.7. The molecule has 2 aliphatic rings. The van der Waals surface area contributed by atoms with Crippen LogP contribution in [0.3, 0.4) is 0 Å². The highest BCUT2D eigenvalue weighted by atomic mass is 31.3. The lowest BCUT2D eigenvalue weighted by atomic mass is 9.97. The summed E-state index contributed by atoms with van der Waals surface area (Å²) in [6.07, 6.45) is -2.84. The maximum absolute atomic E-state index is 12.0. The number of nitro benzene ring substituents is 1. The van der Waals surface area contributed by atoms with E-state index in [1.165, 1.54) is 17.2 Å². The molecule has 2 aliphatic heterocycles. The van der Waals surface area contributed by atoms with Gasteiger partial charge < -0.3 is 44.8 Å². The van der Waals surface area contributed by atoms with Gasteiger partial charge in [0.1, 0.15) is 24.0 Å². The zero-order chi connectivity index (χ0) is 32.3. The Labute approximate surface area is 244 Å². The van der Waals surface area contributed by atoms with Crippen molar-refractivity contribution < 1.29 is 65.9 Å². The second-order valence-corrected chi connectivity index (χ2v) is 14.0. The molecule has 0 radical (unpaired) electrons. The Bertz CT molecular complexity index is 1430. The summed E-state index contributed by atoms with van der Waals surface area (Å²) in [6, 6.07) is 6.17. The minimum Gasteiger partial charge on any atom is -0.390 e. The molecule has 240 valence electrons. The molecule has 1 fully saturated rings. The highest BCUT2D eigenvalue weighted by Gasteiger charge is 2.43. The topological polar surface area (TPSA) is 283 Å². The van der Waals surface area contributed by atoms with Gasteiger partial charge in [-0.05, 0) is 12.0 Å². The molecule has 19 nitrogen and oxygen atoms in total. The number of benzene rings is 1. The quantitative estimate of drug-likeness (QED) is 0.0937. The summed E-state index contributed by atoms with van der Waals surface area (Å²) in [4.78, 5) is 52.8. The van der Waals surface area contributed by atoms with Gasteiger partial charge in [-0.1, -0.05) is 32.6 Å². The van der Waals surface area contributed by atoms with E-state index in [2.05, 4.69) is 24.7 Å². The molecule has 0 aliphatic carbocycles. The third kappa shape index (κ3) is 9.83. The number of aliphatic hydroxyl groups is 1. The maximum Gasteiger partial charge on any atom is 0.490 e. The molecule has 0 aromatic heterocycles. The van der Waals surface area contributed by atoms with Crippen LogP contribution in [0.15, 0.2) is 53.4 Å². The first-order chi connectivity index (χ1) is 19.8. The first-order valence-electron chi connectivity index (χ1n) is 12.3. The minimum absolute atomic E-state index is 0.0501. The van der Waals surface area contributed by atoms with Gasteiger partial charge in [-0.2, -0.15) is 8.62 Å². The molecule has 0 spiro atoms. The highest BCUT2D eigenvalue weighted by Crippen LogP contribution is 2.66. The van der Waals surface area contributed by atoms with E-state index in [1.54, 1.807) is 18.2 Å². The first-order valence-corrected chi connectivity index (χ1v) is 16.8. The highest BCUT2D eigenvalue weighted by molar-refractivity contribution is 7.66. The number of nitro groups is 1. The average Bonchev–Trinajstić information content (AvgIpc) is 3.22. The number of para-hydroxylation sites is 1. The number of rotatable bonds is 14. The smallest absolute Gasteiger partial charge is 0.390 e. The maximum atomic E-state index is 12.0. The lowest BCUT2D eigenvalue weighted by Gasteiger charge is -2.31. The van der Waals surface area contributed by atoms with E-state index in [0.717, 1.165) is 0 Å². The molecule has 2 heterocycles. The molecule has 0 bridgehead atoms. The molecule has 0 saturated carbocycles. The van der Waals surface area contributed by atoms with Crippen LogP contribution in [0.25, 0.3) is 0 Å². The second-order valence-electron chi connectivity index (χ2n) is 9.59. The van der Waals surface area contributed by atoms with Crippen molar-refractivity contribution in [2.75, 3.05) is 13.2 Å². The van der Waals surface area contributed by atoms with Crippen molar-refractivity contribution in [1.82, 2.24) is 4.90 Å². The van der Waals surface area contributed by atoms with Gasteiger partial charge in [0.25, 0.3) is 5.69 Å². The standard InChI is InChI=1S/C21H31N4O15P3/c1-12(2)20(15-6-4-5-7-16(15)25(27)28)36-10-14-9-24(13(3)23-21(14)22)19-8-17(26)18(38-19)11-37-42(32,33)40-43(34,35)39-41(29,30)31/h4-7,9,12,17-20,26H,3,8,10-11H2,1-2H3,(H2,22,23)(H,32,33)(H,34,35)(H2,29,30,31)/t17?,18-,19-,20+/m1/s1. The Kier molecular flexibility index (Phi) is 11.2. The Morgan fingerprint density at radius 1 is 1.19 bits per heavy atom. The number of phosphoric ester groups is 1. The molecule has 0 amide bonds. The normalized spacial score (nSPS) is 24.7. The zero-order valence-electron chi connectivity index (χ0n) is 22.7. The molecule has 22 heteroatoms. The Morgan fingerprint density at radius 2 is 1.84 bits per heavy atom. The van der Waals surface area contributed by atoms with Crippen molar-refractivity contribution in [1.29, 1.82) is 0 Å². The number of hydrogen-bond acceptors (Lipinski definition) is 14. The Hall–Kier alpha value is -2.34. The summed E-state index contributed by atoms with van der Waals surface area (Å²) in [5.41, 5.74) is 6.69. The number of aliphatic hydroxyl groups excluding tert-OH is 1. The fraction of sp³-hybridized carbons (Fsp3) is 0.476. The number of amidine groups is 1. The minimum atomic E-state index is -5.72. The molecule has 6 atom stereocenters. The van der Waals surface area contributed by atoms with Gasteiger partial charge in [0.15, 0.2) is 0 Å². The molecule has 1 saturated heterocycles. The average molecular weight is 672 g/mol. The van der Waals surface area contributed by atoms with Gasteiger partial charge in [0.2, 0.25) is 0 Å². The molecule has 3 unspecified atom stereocenters. The van der Waals surface area contributed by atoms with Crippen molar-refractivity contribution in [2.45, 2.75) is 44.8 Å². The van der Waals surface area contributed by atoms with Crippen molar-refractivity contribution in [2.24, 2.45) is 16.6 Å². The largest absolute Gasteiger partial charge is 0.490 e. The SMILES string of the molecule is C=C1N=C(N)C(CO[C@H](c2ccccc2[N+](=O)[O-])C(C)C)=CN1[C@H]1CC(O)[C@@H](COP(=O)(O)OP(=O)(O)OP(=O)(O)O)O1. The van der Waals surface area contributed by atoms with Crippen LogP contribution in [0.1, 0.15) is 31.9 Å². The fourth-order valence-corrected chi connectivity index (χ4v) is 7.19. The van der Waals surface area contributed by atoms with Crippen LogP contribution in [-0.2, 0) is 36.3 Å². The van der Waals surface area contributed by atoms with E-state index in [0.29, 0.717) is 11.1 Å². The molecular weight excluding hydrogens is 641 g/mol. The molecule has 7 N–H and O–H groups in total. The number of hydrogen-bond donors (Lipinski definition) is 6. The van der Waals surface area contributed by atoms with Gasteiger partial charge in [-0.25, -0.2) is 18.7 Å². The predicted octanol–water partition coefficient (Wildman–Crippen LogP) is 2.16. The summed E-state index contributed by atoms with van der Waals surface area (Å²) in [5.74, 6) is -0.0154. The van der Waals surface area contributed by atoms with E-state index in [-0.39, 0.29) is 36.3 Å². The number of nitrogens with zero attached hydrogens (tertiary/aromatic N) is 3. The summed E-state index contributed by atoms with van der Waals surface area (Å²) >= 11 is 0. The summed E-state index contributed by atoms with van der Waals surface area (Å²) in [6.45, 7) is 6.47. The van der Waals surface area contributed by atoms with Gasteiger partial charge in [-0.15, -0.1) is 0 Å². The Morgan fingerprint density at radius 3 is 2.44 bits per heavy atom. The van der Waals surface area contributed by atoms with Gasteiger partial charge in [0.05, 0.1) is 35.9 Å². The van der Waals surface area contributed by atoms with Gasteiger partial charge in [0, 0.05) is 24.3 Å². The van der Waals surface area contributed by atoms with E-state index < -0.39 is 59.5 Å². The number of ether oxygens (including phenoxy) is 2. The number of aliphatic imine (C=N–C) groups is 1. The van der Waals surface area contributed by atoms with E-state index in [9.17, 15) is 38.7 Å². The predicted molar refractivity (Wildman–Crippen MR) is 146 cm³/mol. The zero-order valence-corrected chi connectivity index (χ0v) is 25.4. The van der Waals surface area contributed by atoms with Crippen LogP contribution in [-0.4, -0.2) is 72.0 Å². The van der Waals surface area contributed by atoms with Crippen LogP contribution in [0.5, 0.6) is 0 Å². The monoisotopic (exact) mass is 672 g/mol. The number of nitrogens with two attached hydrogens (primary N) is 1. The summed E-state index contributed by atoms with van der Waals surface area (Å²) in [5, 5.41) is 22.0. The van der Waals surface area contributed by atoms with Gasteiger partial charge >= 0.3 is 23.5 Å². The van der Waals surface area contributed by atoms with Gasteiger partial charge in [-0.3, -0.25) is 14.6 Å². The number of phosphoric acid groups is 3. The fourth-order valence-electron chi connectivity index (χ4n) is 4.16. The molecule has 1 aromatic carbocycles. The van der Waals surface area contributed by atoms with E-state index in [4.69, 9.17) is 25.0 Å². The summed E-state index contributed by atoms with van der Waals surface area (Å²) in [7, 11) is -16.7. The third-order valence-electron chi connectivity index (χ3n) is 5.97. The van der Waals surface area contributed by atoms with Crippen molar-refractivity contribution in [3.05, 3.63) is 64.1 Å². The lowest BCUT2D eigenvalue weighted by molar-refractivity contribution is -0.386. The van der Waals surface area contributed by atoms with Crippen molar-refractivity contribution in [3.63, 3.8) is 0 Å². The Balaban J connectivity index is 1.68. The first kappa shape index (κ1) is 35.1. The van der Waals surface area contributed by atoms with Crippen LogP contribution >= 0.6 is 23.5 Å². The molecular formula is C21H31N4O15P3. The lowest BCUT2D eigenvalue weighted by Crippen LogP contribution is -2.36. The molecule has 1 aromatic rings. The van der Waals surface area contributed by atoms with Crippen molar-refractivity contribution in [3.8, 4) is 0 Å². The van der Waals surface area contributed by atoms with Crippen LogP contribution in [0, 0.1) is 16.0 Å². The molecule has 43 heavy (non-hydrogen) atoms. The third-order valence-corrected chi connectivity index (χ3v) is 9.77. The van der Waals surface area contributed by atoms with Crippen LogP contribution in [0.4, 0.5) is 5.69 Å². The van der Waals surface area contributed by atoms with Crippen molar-refractivity contribution >= 4 is 35.0 Å². The summed E-state index contributed by atoms with van der Waals surface area (Å²) < 4.78 is 57.9. The van der Waals surface area contributed by atoms with E-state index in [1.807, 2.05) is 13.8 Å².